The van der Waals surface area contributed by atoms with Gasteiger partial charge in [0, 0.05) is 30.6 Å². The third-order valence-corrected chi connectivity index (χ3v) is 7.53. The summed E-state index contributed by atoms with van der Waals surface area (Å²) < 4.78 is 27.2. The van der Waals surface area contributed by atoms with E-state index in [0.29, 0.717) is 29.7 Å². The second-order valence-electron chi connectivity index (χ2n) is 7.81. The quantitative estimate of drug-likeness (QED) is 0.667. The maximum Gasteiger partial charge on any atom is 0.265 e. The summed E-state index contributed by atoms with van der Waals surface area (Å²) in [5, 5.41) is 4.27. The number of amides is 2. The largest absolute Gasteiger partial charge is 0.338 e. The molecular formula is C23H21N3O4S. The summed E-state index contributed by atoms with van der Waals surface area (Å²) in [6.45, 7) is 0.930. The molecule has 0 spiro atoms. The van der Waals surface area contributed by atoms with Crippen LogP contribution in [0.2, 0.25) is 0 Å². The number of rotatable bonds is 5. The lowest BCUT2D eigenvalue weighted by atomic mass is 10.1. The van der Waals surface area contributed by atoms with E-state index in [-0.39, 0.29) is 17.3 Å². The zero-order valence-corrected chi connectivity index (χ0v) is 17.6. The Balaban J connectivity index is 1.34. The van der Waals surface area contributed by atoms with Gasteiger partial charge in [0.1, 0.15) is 6.54 Å². The summed E-state index contributed by atoms with van der Waals surface area (Å²) in [4.78, 5) is 26.6. The van der Waals surface area contributed by atoms with Crippen molar-refractivity contribution >= 4 is 44.0 Å². The van der Waals surface area contributed by atoms with Crippen molar-refractivity contribution in [2.45, 2.75) is 24.3 Å². The van der Waals surface area contributed by atoms with E-state index < -0.39 is 15.9 Å². The minimum absolute atomic E-state index is 0.141. The normalized spacial score (nSPS) is 16.8. The predicted octanol–water partition coefficient (Wildman–Crippen LogP) is 3.11. The molecule has 7 nitrogen and oxygen atoms in total. The number of nitrogens with zero attached hydrogens (tertiary/aromatic N) is 2. The first-order chi connectivity index (χ1) is 14.9. The molecule has 1 N–H and O–H groups in total. The maximum absolute atomic E-state index is 13.0. The van der Waals surface area contributed by atoms with Gasteiger partial charge < -0.3 is 10.2 Å². The van der Waals surface area contributed by atoms with Crippen molar-refractivity contribution < 1.29 is 18.0 Å². The average Bonchev–Trinajstić information content (AvgIpc) is 3.24. The molecule has 3 aromatic carbocycles. The molecule has 0 aliphatic carbocycles. The minimum Gasteiger partial charge on any atom is -0.338 e. The SMILES string of the molecule is O=C(CN1c2cccc3cccc(c23)S1(=O)=O)Nc1cccc(CN2CCCC2=O)c1. The van der Waals surface area contributed by atoms with Crippen molar-refractivity contribution in [3.63, 3.8) is 0 Å². The molecule has 0 bridgehead atoms. The molecule has 1 fully saturated rings. The van der Waals surface area contributed by atoms with Crippen LogP contribution >= 0.6 is 0 Å². The molecule has 158 valence electrons. The van der Waals surface area contributed by atoms with E-state index in [1.54, 1.807) is 35.2 Å². The lowest BCUT2D eigenvalue weighted by Gasteiger charge is -2.19. The van der Waals surface area contributed by atoms with E-state index >= 15 is 0 Å². The molecule has 2 aliphatic heterocycles. The average molecular weight is 436 g/mol. The second-order valence-corrected chi connectivity index (χ2v) is 9.64. The topological polar surface area (TPSA) is 86.8 Å². The third kappa shape index (κ3) is 3.42. The van der Waals surface area contributed by atoms with Gasteiger partial charge in [-0.25, -0.2) is 8.42 Å². The van der Waals surface area contributed by atoms with Gasteiger partial charge in [-0.3, -0.25) is 13.9 Å². The molecule has 0 unspecified atom stereocenters. The van der Waals surface area contributed by atoms with Gasteiger partial charge in [0.15, 0.2) is 0 Å². The Labute approximate surface area is 180 Å². The van der Waals surface area contributed by atoms with Gasteiger partial charge in [0.25, 0.3) is 10.0 Å². The molecule has 1 saturated heterocycles. The smallest absolute Gasteiger partial charge is 0.265 e. The van der Waals surface area contributed by atoms with E-state index in [1.807, 2.05) is 30.3 Å². The summed E-state index contributed by atoms with van der Waals surface area (Å²) in [7, 11) is -3.79. The third-order valence-electron chi connectivity index (χ3n) is 5.72. The Morgan fingerprint density at radius 2 is 1.81 bits per heavy atom. The van der Waals surface area contributed by atoms with E-state index in [2.05, 4.69) is 5.32 Å². The van der Waals surface area contributed by atoms with Gasteiger partial charge in [-0.05, 0) is 41.6 Å². The van der Waals surface area contributed by atoms with Crippen LogP contribution in [0.4, 0.5) is 11.4 Å². The van der Waals surface area contributed by atoms with Crippen LogP contribution in [0.5, 0.6) is 0 Å². The molecule has 0 radical (unpaired) electrons. The Morgan fingerprint density at radius 1 is 1.03 bits per heavy atom. The minimum atomic E-state index is -3.79. The number of hydrogen-bond acceptors (Lipinski definition) is 4. The van der Waals surface area contributed by atoms with Crippen LogP contribution in [-0.4, -0.2) is 38.2 Å². The van der Waals surface area contributed by atoms with Crippen molar-refractivity contribution in [3.05, 3.63) is 66.2 Å². The summed E-state index contributed by atoms with van der Waals surface area (Å²) in [6, 6.07) is 17.8. The molecule has 0 aromatic heterocycles. The zero-order valence-electron chi connectivity index (χ0n) is 16.7. The number of anilines is 2. The Hall–Kier alpha value is -3.39. The first kappa shape index (κ1) is 19.6. The maximum atomic E-state index is 13.0. The summed E-state index contributed by atoms with van der Waals surface area (Å²) in [5.41, 5.74) is 2.00. The highest BCUT2D eigenvalue weighted by molar-refractivity contribution is 7.93. The molecule has 2 heterocycles. The summed E-state index contributed by atoms with van der Waals surface area (Å²) >= 11 is 0. The van der Waals surface area contributed by atoms with Gasteiger partial charge in [0.2, 0.25) is 11.8 Å². The van der Waals surface area contributed by atoms with E-state index in [0.717, 1.165) is 28.2 Å². The van der Waals surface area contributed by atoms with Gasteiger partial charge >= 0.3 is 0 Å². The molecule has 0 saturated carbocycles. The highest BCUT2D eigenvalue weighted by Crippen LogP contribution is 2.41. The summed E-state index contributed by atoms with van der Waals surface area (Å²) in [6.07, 6.45) is 1.45. The Bertz CT molecular complexity index is 1310. The summed E-state index contributed by atoms with van der Waals surface area (Å²) in [5.74, 6) is -0.287. The monoisotopic (exact) mass is 435 g/mol. The number of hydrogen-bond donors (Lipinski definition) is 1. The number of carbonyl (C=O) groups is 2. The van der Waals surface area contributed by atoms with Crippen LogP contribution in [0.3, 0.4) is 0 Å². The molecule has 8 heteroatoms. The number of carbonyl (C=O) groups excluding carboxylic acids is 2. The molecule has 3 aromatic rings. The first-order valence-corrected chi connectivity index (χ1v) is 11.6. The van der Waals surface area contributed by atoms with Gasteiger partial charge in [0.05, 0.1) is 10.6 Å². The number of sulfonamides is 1. The number of nitrogens with one attached hydrogen (secondary N) is 1. The van der Waals surface area contributed by atoms with Crippen LogP contribution in [0.25, 0.3) is 10.8 Å². The van der Waals surface area contributed by atoms with Crippen LogP contribution in [0.15, 0.2) is 65.6 Å². The van der Waals surface area contributed by atoms with Crippen molar-refractivity contribution in [1.82, 2.24) is 4.90 Å². The fourth-order valence-electron chi connectivity index (χ4n) is 4.30. The Kier molecular flexibility index (Phi) is 4.66. The van der Waals surface area contributed by atoms with Crippen molar-refractivity contribution in [1.29, 1.82) is 0 Å². The molecular weight excluding hydrogens is 414 g/mol. The fraction of sp³-hybridized carbons (Fsp3) is 0.217. The first-order valence-electron chi connectivity index (χ1n) is 10.1. The lowest BCUT2D eigenvalue weighted by Crippen LogP contribution is -2.35. The van der Waals surface area contributed by atoms with Crippen LogP contribution in [0.1, 0.15) is 18.4 Å². The van der Waals surface area contributed by atoms with Crippen molar-refractivity contribution in [3.8, 4) is 0 Å². The van der Waals surface area contributed by atoms with Crippen LogP contribution in [0, 0.1) is 0 Å². The molecule has 31 heavy (non-hydrogen) atoms. The number of benzene rings is 3. The molecule has 2 aliphatic rings. The molecule has 2 amide bonds. The predicted molar refractivity (Wildman–Crippen MR) is 118 cm³/mol. The van der Waals surface area contributed by atoms with Crippen LogP contribution in [-0.2, 0) is 26.2 Å². The van der Waals surface area contributed by atoms with E-state index in [1.165, 1.54) is 0 Å². The highest BCUT2D eigenvalue weighted by Gasteiger charge is 2.36. The highest BCUT2D eigenvalue weighted by atomic mass is 32.2. The van der Waals surface area contributed by atoms with Crippen molar-refractivity contribution in [2.75, 3.05) is 22.7 Å². The van der Waals surface area contributed by atoms with Crippen molar-refractivity contribution in [2.24, 2.45) is 0 Å². The van der Waals surface area contributed by atoms with Gasteiger partial charge in [-0.15, -0.1) is 0 Å². The standard InChI is InChI=1S/C23H21N3O4S/c27-21(24-18-8-1-5-16(13-18)14-25-12-4-11-22(25)28)15-26-19-9-2-6-17-7-3-10-20(23(17)19)31(26,29)30/h1-3,5-10,13H,4,11-12,14-15H2,(H,24,27). The lowest BCUT2D eigenvalue weighted by molar-refractivity contribution is -0.128. The van der Waals surface area contributed by atoms with E-state index in [9.17, 15) is 18.0 Å². The number of likely N-dealkylation sites (tertiary alicyclic amines) is 1. The zero-order chi connectivity index (χ0) is 21.6. The van der Waals surface area contributed by atoms with Gasteiger partial charge in [-0.1, -0.05) is 36.4 Å². The fourth-order valence-corrected chi connectivity index (χ4v) is 5.97. The molecule has 0 atom stereocenters. The van der Waals surface area contributed by atoms with Gasteiger partial charge in [-0.2, -0.15) is 0 Å². The molecule has 5 rings (SSSR count). The Morgan fingerprint density at radius 3 is 2.58 bits per heavy atom. The van der Waals surface area contributed by atoms with E-state index in [4.69, 9.17) is 0 Å². The second kappa shape index (κ2) is 7.39. The van der Waals surface area contributed by atoms with Crippen LogP contribution < -0.4 is 9.62 Å².